The summed E-state index contributed by atoms with van der Waals surface area (Å²) in [4.78, 5) is 22.6. The van der Waals surface area contributed by atoms with Crippen LogP contribution in [0.2, 0.25) is 0 Å². The van der Waals surface area contributed by atoms with Crippen molar-refractivity contribution in [2.45, 2.75) is 116 Å². The van der Waals surface area contributed by atoms with Crippen LogP contribution in [-0.2, 0) is 9.59 Å². The molecule has 1 N–H and O–H groups in total. The predicted octanol–water partition coefficient (Wildman–Crippen LogP) is 1.67. The van der Waals surface area contributed by atoms with Crippen molar-refractivity contribution in [1.29, 1.82) is 0 Å². The molecule has 5 heteroatoms. The van der Waals surface area contributed by atoms with E-state index in [0.29, 0.717) is 12.0 Å². The maximum absolute atomic E-state index is 11.5. The van der Waals surface area contributed by atoms with E-state index >= 15 is 0 Å². The molecule has 0 aromatic heterocycles. The van der Waals surface area contributed by atoms with Crippen molar-refractivity contribution in [3.63, 3.8) is 0 Å². The summed E-state index contributed by atoms with van der Waals surface area (Å²) >= 11 is 0. The second-order valence-corrected chi connectivity index (χ2v) is 7.51. The smallest absolute Gasteiger partial charge is 0.548 e. The largest absolute Gasteiger partial charge is 1.00 e. The molecule has 0 saturated carbocycles. The van der Waals surface area contributed by atoms with Crippen molar-refractivity contribution in [2.24, 2.45) is 0 Å². The van der Waals surface area contributed by atoms with E-state index in [9.17, 15) is 14.7 Å². The zero-order chi connectivity index (χ0) is 19.6. The summed E-state index contributed by atoms with van der Waals surface area (Å²) < 4.78 is 0. The maximum atomic E-state index is 11.5. The SMILES string of the molecule is C=C(C)C(=O)NC(CCCCCCCCCCCCCCCC)C(=O)[O-].[Na+]. The Bertz CT molecular complexity index is 399. The molecule has 0 fully saturated rings. The molecule has 0 aliphatic rings. The van der Waals surface area contributed by atoms with E-state index in [2.05, 4.69) is 18.8 Å². The molecular weight excluding hydrogens is 349 g/mol. The minimum absolute atomic E-state index is 0. The molecule has 152 valence electrons. The molecule has 0 bridgehead atoms. The number of aliphatic carboxylic acids is 1. The molecule has 0 aromatic rings. The summed E-state index contributed by atoms with van der Waals surface area (Å²) in [5, 5.41) is 13.5. The van der Waals surface area contributed by atoms with Crippen LogP contribution < -0.4 is 40.0 Å². The van der Waals surface area contributed by atoms with Gasteiger partial charge in [-0.3, -0.25) is 4.79 Å². The Morgan fingerprint density at radius 3 is 1.52 bits per heavy atom. The van der Waals surface area contributed by atoms with E-state index in [4.69, 9.17) is 0 Å². The minimum atomic E-state index is -1.21. The van der Waals surface area contributed by atoms with Crippen LogP contribution in [0.15, 0.2) is 12.2 Å². The van der Waals surface area contributed by atoms with Gasteiger partial charge in [-0.05, 0) is 13.3 Å². The average molecular weight is 390 g/mol. The molecule has 0 rings (SSSR count). The Kier molecular flexibility index (Phi) is 21.8. The van der Waals surface area contributed by atoms with Crippen molar-refractivity contribution in [1.82, 2.24) is 5.32 Å². The Morgan fingerprint density at radius 1 is 0.815 bits per heavy atom. The van der Waals surface area contributed by atoms with Crippen LogP contribution in [0.25, 0.3) is 0 Å². The summed E-state index contributed by atoms with van der Waals surface area (Å²) in [6, 6.07) is -0.906. The van der Waals surface area contributed by atoms with E-state index in [1.165, 1.54) is 70.6 Å². The van der Waals surface area contributed by atoms with Crippen molar-refractivity contribution in [3.8, 4) is 0 Å². The summed E-state index contributed by atoms with van der Waals surface area (Å²) in [6.07, 6.45) is 18.1. The van der Waals surface area contributed by atoms with Crippen LogP contribution in [0.3, 0.4) is 0 Å². The van der Waals surface area contributed by atoms with Crippen LogP contribution in [-0.4, -0.2) is 17.9 Å². The first-order valence-corrected chi connectivity index (χ1v) is 10.7. The first-order valence-electron chi connectivity index (χ1n) is 10.7. The van der Waals surface area contributed by atoms with Gasteiger partial charge in [-0.2, -0.15) is 0 Å². The average Bonchev–Trinajstić information content (AvgIpc) is 2.60. The second kappa shape index (κ2) is 20.4. The Hall–Kier alpha value is -0.320. The third-order valence-corrected chi connectivity index (χ3v) is 4.82. The second-order valence-electron chi connectivity index (χ2n) is 7.51. The number of carbonyl (C=O) groups excluding carboxylic acids is 2. The van der Waals surface area contributed by atoms with Crippen molar-refractivity contribution in [3.05, 3.63) is 12.2 Å². The van der Waals surface area contributed by atoms with Gasteiger partial charge in [0.25, 0.3) is 0 Å². The topological polar surface area (TPSA) is 69.2 Å². The number of hydrogen-bond acceptors (Lipinski definition) is 3. The standard InChI is InChI=1S/C22H41NO3.Na/c1-4-5-6-7-8-9-10-11-12-13-14-15-16-17-18-20(22(25)26)23-21(24)19(2)3;/h20H,2,4-18H2,1,3H3,(H,23,24)(H,25,26);/q;+1/p-1. The number of nitrogens with one attached hydrogen (secondary N) is 1. The first-order chi connectivity index (χ1) is 12.5. The van der Waals surface area contributed by atoms with E-state index in [-0.39, 0.29) is 29.6 Å². The van der Waals surface area contributed by atoms with E-state index in [1.807, 2.05) is 0 Å². The van der Waals surface area contributed by atoms with Gasteiger partial charge in [0.2, 0.25) is 5.91 Å². The first kappa shape index (κ1) is 28.9. The number of rotatable bonds is 18. The third-order valence-electron chi connectivity index (χ3n) is 4.82. The third kappa shape index (κ3) is 18.8. The quantitative estimate of drug-likeness (QED) is 0.220. The van der Waals surface area contributed by atoms with Crippen molar-refractivity contribution in [2.75, 3.05) is 0 Å². The maximum Gasteiger partial charge on any atom is 1.00 e. The predicted molar refractivity (Wildman–Crippen MR) is 107 cm³/mol. The fraction of sp³-hybridized carbons (Fsp3) is 0.818. The zero-order valence-electron chi connectivity index (χ0n) is 18.1. The Morgan fingerprint density at radius 2 is 1.19 bits per heavy atom. The van der Waals surface area contributed by atoms with Gasteiger partial charge in [0.1, 0.15) is 0 Å². The van der Waals surface area contributed by atoms with Crippen LogP contribution in [0.5, 0.6) is 0 Å². The number of carboxylic acid groups (broad SMARTS) is 1. The normalized spacial score (nSPS) is 11.5. The summed E-state index contributed by atoms with van der Waals surface area (Å²) in [5.74, 6) is -1.63. The van der Waals surface area contributed by atoms with Crippen molar-refractivity contribution < 1.29 is 44.3 Å². The van der Waals surface area contributed by atoms with Gasteiger partial charge in [0, 0.05) is 5.57 Å². The van der Waals surface area contributed by atoms with Crippen LogP contribution >= 0.6 is 0 Å². The number of unbranched alkanes of at least 4 members (excludes halogenated alkanes) is 13. The van der Waals surface area contributed by atoms with Crippen LogP contribution in [0, 0.1) is 0 Å². The summed E-state index contributed by atoms with van der Waals surface area (Å²) in [6.45, 7) is 7.33. The molecule has 0 aromatic carbocycles. The molecule has 0 radical (unpaired) electrons. The number of hydrogen-bond donors (Lipinski definition) is 1. The number of carbonyl (C=O) groups is 2. The molecule has 0 aliphatic carbocycles. The monoisotopic (exact) mass is 389 g/mol. The molecule has 0 aliphatic heterocycles. The fourth-order valence-electron chi connectivity index (χ4n) is 3.07. The van der Waals surface area contributed by atoms with E-state index < -0.39 is 17.9 Å². The summed E-state index contributed by atoms with van der Waals surface area (Å²) in [5.41, 5.74) is 0.317. The molecule has 4 nitrogen and oxygen atoms in total. The number of amides is 1. The molecule has 27 heavy (non-hydrogen) atoms. The summed E-state index contributed by atoms with van der Waals surface area (Å²) in [7, 11) is 0. The molecule has 1 atom stereocenters. The Labute approximate surface area is 189 Å². The fourth-order valence-corrected chi connectivity index (χ4v) is 3.07. The van der Waals surface area contributed by atoms with E-state index in [1.54, 1.807) is 6.92 Å². The van der Waals surface area contributed by atoms with Gasteiger partial charge in [-0.25, -0.2) is 0 Å². The van der Waals surface area contributed by atoms with Gasteiger partial charge >= 0.3 is 29.6 Å². The molecule has 1 amide bonds. The molecule has 0 saturated heterocycles. The van der Waals surface area contributed by atoms with Gasteiger partial charge in [0.15, 0.2) is 0 Å². The minimum Gasteiger partial charge on any atom is -0.548 e. The number of carboxylic acids is 1. The molecule has 1 unspecified atom stereocenters. The van der Waals surface area contributed by atoms with Crippen LogP contribution in [0.4, 0.5) is 0 Å². The van der Waals surface area contributed by atoms with Gasteiger partial charge < -0.3 is 15.2 Å². The van der Waals surface area contributed by atoms with Gasteiger partial charge in [-0.1, -0.05) is 103 Å². The molecule has 0 heterocycles. The van der Waals surface area contributed by atoms with E-state index in [0.717, 1.165) is 19.3 Å². The van der Waals surface area contributed by atoms with Crippen molar-refractivity contribution >= 4 is 11.9 Å². The Balaban J connectivity index is 0. The molecular formula is C22H40NNaO3. The van der Waals surface area contributed by atoms with Gasteiger partial charge in [-0.15, -0.1) is 0 Å². The van der Waals surface area contributed by atoms with Crippen LogP contribution in [0.1, 0.15) is 110 Å². The molecule has 0 spiro atoms. The zero-order valence-corrected chi connectivity index (χ0v) is 20.1. The van der Waals surface area contributed by atoms with Gasteiger partial charge in [0.05, 0.1) is 12.0 Å².